The second kappa shape index (κ2) is 9.63. The number of carbonyl (C=O) groups excluding carboxylic acids is 2. The van der Waals surface area contributed by atoms with Crippen LogP contribution < -0.4 is 5.32 Å². The molecule has 1 amide bonds. The van der Waals surface area contributed by atoms with Gasteiger partial charge in [-0.25, -0.2) is 4.98 Å². The van der Waals surface area contributed by atoms with Gasteiger partial charge in [0.15, 0.2) is 12.2 Å². The van der Waals surface area contributed by atoms with Gasteiger partial charge < -0.3 is 14.5 Å². The summed E-state index contributed by atoms with van der Waals surface area (Å²) in [4.78, 5) is 28.9. The number of benzene rings is 2. The molecule has 166 valence electrons. The number of nitrogens with one attached hydrogen (secondary N) is 1. The molecular weight excluding hydrogens is 440 g/mol. The van der Waals surface area contributed by atoms with Gasteiger partial charge in [0, 0.05) is 11.4 Å². The van der Waals surface area contributed by atoms with Gasteiger partial charge in [-0.05, 0) is 43.7 Å². The summed E-state index contributed by atoms with van der Waals surface area (Å²) in [6, 6.07) is 18.8. The number of esters is 1. The van der Waals surface area contributed by atoms with Crippen LogP contribution in [0.2, 0.25) is 0 Å². The molecule has 2 heterocycles. The molecule has 0 fully saturated rings. The lowest BCUT2D eigenvalue weighted by Gasteiger charge is -2.13. The van der Waals surface area contributed by atoms with Crippen LogP contribution in [-0.2, 0) is 14.3 Å². The summed E-state index contributed by atoms with van der Waals surface area (Å²) in [5, 5.41) is 12.7. The topological polar surface area (TPSA) is 110 Å². The van der Waals surface area contributed by atoms with E-state index in [9.17, 15) is 14.9 Å². The third-order valence-corrected chi connectivity index (χ3v) is 5.85. The van der Waals surface area contributed by atoms with Gasteiger partial charge in [-0.3, -0.25) is 14.2 Å². The van der Waals surface area contributed by atoms with E-state index in [4.69, 9.17) is 9.15 Å². The number of hydrogen-bond donors (Lipinski definition) is 1. The Morgan fingerprint density at radius 2 is 1.88 bits per heavy atom. The fourth-order valence-electron chi connectivity index (χ4n) is 3.35. The fraction of sp³-hybridized carbons (Fsp3) is 0.167. The van der Waals surface area contributed by atoms with Crippen LogP contribution in [0.3, 0.4) is 0 Å². The van der Waals surface area contributed by atoms with E-state index in [1.807, 2.05) is 62.4 Å². The van der Waals surface area contributed by atoms with Gasteiger partial charge in [0.1, 0.15) is 23.2 Å². The Morgan fingerprint density at radius 3 is 2.61 bits per heavy atom. The number of ether oxygens (including phenoxy) is 1. The highest BCUT2D eigenvalue weighted by Crippen LogP contribution is 2.30. The first-order valence-electron chi connectivity index (χ1n) is 10.1. The monoisotopic (exact) mass is 460 g/mol. The molecule has 0 saturated heterocycles. The number of nitrogens with zero attached hydrogens (tertiary/aromatic N) is 3. The van der Waals surface area contributed by atoms with E-state index in [0.717, 1.165) is 28.7 Å². The van der Waals surface area contributed by atoms with Gasteiger partial charge in [0.05, 0.1) is 5.56 Å². The molecule has 4 rings (SSSR count). The minimum absolute atomic E-state index is 0.0534. The van der Waals surface area contributed by atoms with E-state index in [0.29, 0.717) is 27.7 Å². The number of para-hydroxylation sites is 3. The molecule has 0 bridgehead atoms. The predicted molar refractivity (Wildman–Crippen MR) is 124 cm³/mol. The van der Waals surface area contributed by atoms with Gasteiger partial charge in [-0.1, -0.05) is 42.1 Å². The Labute approximate surface area is 194 Å². The molecule has 0 unspecified atom stereocenters. The summed E-state index contributed by atoms with van der Waals surface area (Å²) in [5.74, 6) is -0.826. The van der Waals surface area contributed by atoms with E-state index in [-0.39, 0.29) is 5.75 Å². The lowest BCUT2D eigenvalue weighted by Crippen LogP contribution is -2.23. The number of hydrogen-bond acceptors (Lipinski definition) is 7. The summed E-state index contributed by atoms with van der Waals surface area (Å²) in [7, 11) is 0. The van der Waals surface area contributed by atoms with Crippen LogP contribution in [-0.4, -0.2) is 33.8 Å². The summed E-state index contributed by atoms with van der Waals surface area (Å²) in [6.45, 7) is 3.23. The fourth-order valence-corrected chi connectivity index (χ4v) is 3.99. The zero-order chi connectivity index (χ0) is 23.4. The molecule has 33 heavy (non-hydrogen) atoms. The van der Waals surface area contributed by atoms with Crippen LogP contribution in [0.5, 0.6) is 0 Å². The molecule has 0 aliphatic carbocycles. The van der Waals surface area contributed by atoms with Crippen LogP contribution in [0.25, 0.3) is 16.8 Å². The third kappa shape index (κ3) is 4.76. The number of amides is 1. The van der Waals surface area contributed by atoms with Crippen LogP contribution in [0.4, 0.5) is 5.82 Å². The Kier molecular flexibility index (Phi) is 6.47. The largest absolute Gasteiger partial charge is 0.455 e. The Morgan fingerprint density at radius 1 is 1.15 bits per heavy atom. The number of fused-ring (bicyclic) bond motifs is 1. The SMILES string of the molecule is Cc1c(C#N)c(NC(=O)COC(=O)CSc2nc3ccccc3o2)n(-c2ccccc2)c1C. The van der Waals surface area contributed by atoms with Gasteiger partial charge >= 0.3 is 5.97 Å². The molecule has 9 heteroatoms. The molecule has 2 aromatic carbocycles. The van der Waals surface area contributed by atoms with Crippen molar-refractivity contribution >= 4 is 40.6 Å². The molecule has 2 aromatic heterocycles. The maximum atomic E-state index is 12.5. The number of carbonyl (C=O) groups is 2. The highest BCUT2D eigenvalue weighted by molar-refractivity contribution is 7.99. The summed E-state index contributed by atoms with van der Waals surface area (Å²) in [5.41, 5.74) is 4.11. The smallest absolute Gasteiger partial charge is 0.316 e. The molecule has 0 saturated carbocycles. The van der Waals surface area contributed by atoms with Crippen molar-refractivity contribution in [2.45, 2.75) is 19.1 Å². The average Bonchev–Trinajstić information content (AvgIpc) is 3.35. The second-order valence-electron chi connectivity index (χ2n) is 7.16. The minimum atomic E-state index is -0.580. The van der Waals surface area contributed by atoms with Crippen molar-refractivity contribution in [2.24, 2.45) is 0 Å². The van der Waals surface area contributed by atoms with Gasteiger partial charge in [0.2, 0.25) is 0 Å². The molecule has 0 radical (unpaired) electrons. The molecule has 0 atom stereocenters. The predicted octanol–water partition coefficient (Wildman–Crippen LogP) is 4.38. The van der Waals surface area contributed by atoms with Crippen molar-refractivity contribution in [2.75, 3.05) is 17.7 Å². The summed E-state index contributed by atoms with van der Waals surface area (Å²) >= 11 is 1.09. The van der Waals surface area contributed by atoms with Crippen molar-refractivity contribution in [3.63, 3.8) is 0 Å². The lowest BCUT2D eigenvalue weighted by atomic mass is 10.2. The van der Waals surface area contributed by atoms with Crippen molar-refractivity contribution in [1.29, 1.82) is 5.26 Å². The lowest BCUT2D eigenvalue weighted by molar-refractivity contribution is -0.144. The standard InChI is InChI=1S/C24H20N4O4S/c1-15-16(2)28(17-8-4-3-5-9-17)23(18(15)12-25)27-21(29)13-31-22(30)14-33-24-26-19-10-6-7-11-20(19)32-24/h3-11H,13-14H2,1-2H3,(H,27,29). The zero-order valence-electron chi connectivity index (χ0n) is 18.0. The van der Waals surface area contributed by atoms with Gasteiger partial charge in [-0.15, -0.1) is 0 Å². The second-order valence-corrected chi connectivity index (χ2v) is 8.09. The van der Waals surface area contributed by atoms with Gasteiger partial charge in [0.25, 0.3) is 11.1 Å². The van der Waals surface area contributed by atoms with E-state index in [1.165, 1.54) is 0 Å². The molecule has 8 nitrogen and oxygen atoms in total. The van der Waals surface area contributed by atoms with E-state index in [1.54, 1.807) is 10.6 Å². The van der Waals surface area contributed by atoms with E-state index in [2.05, 4.69) is 16.4 Å². The molecule has 0 aliphatic heterocycles. The molecular formula is C24H20N4O4S. The highest BCUT2D eigenvalue weighted by atomic mass is 32.2. The quantitative estimate of drug-likeness (QED) is 0.322. The Hall–Kier alpha value is -4.03. The summed E-state index contributed by atoms with van der Waals surface area (Å²) < 4.78 is 12.4. The van der Waals surface area contributed by atoms with Crippen LogP contribution >= 0.6 is 11.8 Å². The Balaban J connectivity index is 1.39. The molecule has 0 aliphatic rings. The average molecular weight is 461 g/mol. The van der Waals surface area contributed by atoms with Crippen molar-refractivity contribution in [3.8, 4) is 11.8 Å². The first-order chi connectivity index (χ1) is 16.0. The zero-order valence-corrected chi connectivity index (χ0v) is 18.8. The van der Waals surface area contributed by atoms with Crippen LogP contribution in [0.1, 0.15) is 16.8 Å². The molecule has 0 spiro atoms. The first-order valence-corrected chi connectivity index (χ1v) is 11.1. The van der Waals surface area contributed by atoms with Crippen molar-refractivity contribution in [3.05, 3.63) is 71.4 Å². The maximum absolute atomic E-state index is 12.5. The third-order valence-electron chi connectivity index (χ3n) is 5.05. The van der Waals surface area contributed by atoms with Crippen LogP contribution in [0.15, 0.2) is 64.2 Å². The first kappa shape index (κ1) is 22.2. The van der Waals surface area contributed by atoms with Crippen LogP contribution in [0, 0.1) is 25.2 Å². The number of nitriles is 1. The normalized spacial score (nSPS) is 10.7. The molecule has 4 aromatic rings. The number of thioether (sulfide) groups is 1. The van der Waals surface area contributed by atoms with Crippen molar-refractivity contribution in [1.82, 2.24) is 9.55 Å². The van der Waals surface area contributed by atoms with Gasteiger partial charge in [-0.2, -0.15) is 5.26 Å². The maximum Gasteiger partial charge on any atom is 0.316 e. The van der Waals surface area contributed by atoms with E-state index >= 15 is 0 Å². The number of oxazole rings is 1. The number of anilines is 1. The van der Waals surface area contributed by atoms with E-state index < -0.39 is 18.5 Å². The number of aromatic nitrogens is 2. The van der Waals surface area contributed by atoms with Crippen molar-refractivity contribution < 1.29 is 18.7 Å². The highest BCUT2D eigenvalue weighted by Gasteiger charge is 2.21. The minimum Gasteiger partial charge on any atom is -0.455 e. The molecule has 1 N–H and O–H groups in total. The summed E-state index contributed by atoms with van der Waals surface area (Å²) in [6.07, 6.45) is 0. The number of rotatable bonds is 7. The Bertz CT molecular complexity index is 1340.